The molecule has 0 unspecified atom stereocenters. The van der Waals surface area contributed by atoms with Gasteiger partial charge in [-0.05, 0) is 39.7 Å². The van der Waals surface area contributed by atoms with Crippen LogP contribution >= 0.6 is 0 Å². The van der Waals surface area contributed by atoms with E-state index in [2.05, 4.69) is 41.9 Å². The maximum absolute atomic E-state index is 4.77. The van der Waals surface area contributed by atoms with Gasteiger partial charge in [0.25, 0.3) is 0 Å². The molecule has 3 rings (SSSR count). The molecule has 5 nitrogen and oxygen atoms in total. The van der Waals surface area contributed by atoms with Crippen molar-refractivity contribution < 1.29 is 0 Å². The van der Waals surface area contributed by atoms with Gasteiger partial charge >= 0.3 is 0 Å². The van der Waals surface area contributed by atoms with Gasteiger partial charge < -0.3 is 5.32 Å². The fourth-order valence-electron chi connectivity index (χ4n) is 2.47. The van der Waals surface area contributed by atoms with E-state index < -0.39 is 0 Å². The average molecular weight is 273 g/mol. The SMILES string of the molecule is Cc1c(NCc2cc(C3CC3)nn2C(C)C)cnn1C. The Labute approximate surface area is 120 Å². The van der Waals surface area contributed by atoms with Gasteiger partial charge in [0, 0.05) is 19.0 Å². The largest absolute Gasteiger partial charge is 0.377 e. The Balaban J connectivity index is 1.77. The van der Waals surface area contributed by atoms with Crippen LogP contribution in [0.2, 0.25) is 0 Å². The van der Waals surface area contributed by atoms with Gasteiger partial charge in [-0.15, -0.1) is 0 Å². The number of nitrogens with one attached hydrogen (secondary N) is 1. The Hall–Kier alpha value is -1.78. The first kappa shape index (κ1) is 13.2. The smallest absolute Gasteiger partial charge is 0.0759 e. The van der Waals surface area contributed by atoms with Gasteiger partial charge in [0.05, 0.1) is 35.5 Å². The van der Waals surface area contributed by atoms with Crippen molar-refractivity contribution in [1.82, 2.24) is 19.6 Å². The Morgan fingerprint density at radius 2 is 2.15 bits per heavy atom. The van der Waals surface area contributed by atoms with Crippen molar-refractivity contribution in [3.8, 4) is 0 Å². The van der Waals surface area contributed by atoms with Gasteiger partial charge in [-0.2, -0.15) is 10.2 Å². The highest BCUT2D eigenvalue weighted by Gasteiger charge is 2.27. The quantitative estimate of drug-likeness (QED) is 0.911. The van der Waals surface area contributed by atoms with Gasteiger partial charge in [-0.1, -0.05) is 0 Å². The summed E-state index contributed by atoms with van der Waals surface area (Å²) in [6.07, 6.45) is 4.47. The van der Waals surface area contributed by atoms with Crippen LogP contribution in [0.4, 0.5) is 5.69 Å². The molecule has 0 amide bonds. The first-order valence-corrected chi connectivity index (χ1v) is 7.37. The Kier molecular flexibility index (Phi) is 3.28. The lowest BCUT2D eigenvalue weighted by Crippen LogP contribution is -2.11. The Bertz CT molecular complexity index is 604. The summed E-state index contributed by atoms with van der Waals surface area (Å²) in [4.78, 5) is 0. The van der Waals surface area contributed by atoms with Gasteiger partial charge in [0.1, 0.15) is 0 Å². The van der Waals surface area contributed by atoms with Crippen molar-refractivity contribution in [1.29, 1.82) is 0 Å². The van der Waals surface area contributed by atoms with E-state index in [4.69, 9.17) is 5.10 Å². The van der Waals surface area contributed by atoms with E-state index in [0.717, 1.165) is 17.9 Å². The molecule has 5 heteroatoms. The van der Waals surface area contributed by atoms with Crippen molar-refractivity contribution in [2.24, 2.45) is 7.05 Å². The normalized spacial score (nSPS) is 15.1. The van der Waals surface area contributed by atoms with Gasteiger partial charge in [0.15, 0.2) is 0 Å². The fourth-order valence-corrected chi connectivity index (χ4v) is 2.47. The van der Waals surface area contributed by atoms with E-state index >= 15 is 0 Å². The van der Waals surface area contributed by atoms with E-state index in [9.17, 15) is 0 Å². The minimum absolute atomic E-state index is 0.397. The van der Waals surface area contributed by atoms with E-state index in [0.29, 0.717) is 12.0 Å². The highest BCUT2D eigenvalue weighted by molar-refractivity contribution is 5.46. The minimum atomic E-state index is 0.397. The molecule has 0 saturated heterocycles. The van der Waals surface area contributed by atoms with Crippen LogP contribution in [-0.4, -0.2) is 19.6 Å². The minimum Gasteiger partial charge on any atom is -0.377 e. The molecule has 1 N–H and O–H groups in total. The van der Waals surface area contributed by atoms with E-state index in [1.165, 1.54) is 24.2 Å². The summed E-state index contributed by atoms with van der Waals surface area (Å²) in [7, 11) is 1.96. The first-order chi connectivity index (χ1) is 9.56. The lowest BCUT2D eigenvalue weighted by Gasteiger charge is -2.12. The van der Waals surface area contributed by atoms with Gasteiger partial charge in [0.2, 0.25) is 0 Å². The lowest BCUT2D eigenvalue weighted by atomic mass is 10.2. The number of rotatable bonds is 5. The van der Waals surface area contributed by atoms with Crippen LogP contribution in [0.5, 0.6) is 0 Å². The molecule has 2 aromatic heterocycles. The predicted molar refractivity (Wildman–Crippen MR) is 79.9 cm³/mol. The van der Waals surface area contributed by atoms with Crippen LogP contribution < -0.4 is 5.32 Å². The molecule has 1 saturated carbocycles. The van der Waals surface area contributed by atoms with Crippen LogP contribution in [0.25, 0.3) is 0 Å². The Morgan fingerprint density at radius 1 is 1.40 bits per heavy atom. The van der Waals surface area contributed by atoms with E-state index in [-0.39, 0.29) is 0 Å². The highest BCUT2D eigenvalue weighted by atomic mass is 15.3. The fraction of sp³-hybridized carbons (Fsp3) is 0.600. The molecule has 0 spiro atoms. The summed E-state index contributed by atoms with van der Waals surface area (Å²) in [6.45, 7) is 7.24. The molecule has 2 heterocycles. The number of hydrogen-bond acceptors (Lipinski definition) is 3. The predicted octanol–water partition coefficient (Wildman–Crippen LogP) is 3.00. The van der Waals surface area contributed by atoms with Crippen molar-refractivity contribution >= 4 is 5.69 Å². The summed E-state index contributed by atoms with van der Waals surface area (Å²) in [5, 5.41) is 12.5. The Morgan fingerprint density at radius 3 is 2.70 bits per heavy atom. The summed E-state index contributed by atoms with van der Waals surface area (Å²) in [5.74, 6) is 0.703. The van der Waals surface area contributed by atoms with Crippen LogP contribution in [0, 0.1) is 6.92 Å². The summed E-state index contributed by atoms with van der Waals surface area (Å²) in [5.41, 5.74) is 4.77. The summed E-state index contributed by atoms with van der Waals surface area (Å²) in [6, 6.07) is 2.66. The number of hydrogen-bond donors (Lipinski definition) is 1. The molecule has 0 aliphatic heterocycles. The van der Waals surface area contributed by atoms with Crippen molar-refractivity contribution in [3.63, 3.8) is 0 Å². The molecule has 108 valence electrons. The third-order valence-corrected chi connectivity index (χ3v) is 4.01. The molecule has 0 radical (unpaired) electrons. The molecule has 1 aliphatic carbocycles. The molecule has 0 bridgehead atoms. The zero-order valence-corrected chi connectivity index (χ0v) is 12.7. The second-order valence-electron chi connectivity index (χ2n) is 5.99. The van der Waals surface area contributed by atoms with Gasteiger partial charge in [-0.3, -0.25) is 9.36 Å². The summed E-state index contributed by atoms with van der Waals surface area (Å²) < 4.78 is 4.03. The third-order valence-electron chi connectivity index (χ3n) is 4.01. The number of anilines is 1. The van der Waals surface area contributed by atoms with Crippen LogP contribution in [-0.2, 0) is 13.6 Å². The zero-order valence-electron chi connectivity index (χ0n) is 12.7. The molecule has 0 atom stereocenters. The molecule has 0 aromatic carbocycles. The molecule has 2 aromatic rings. The monoisotopic (exact) mass is 273 g/mol. The lowest BCUT2D eigenvalue weighted by molar-refractivity contribution is 0.507. The van der Waals surface area contributed by atoms with Crippen LogP contribution in [0.1, 0.15) is 55.7 Å². The third kappa shape index (κ3) is 2.44. The van der Waals surface area contributed by atoms with Crippen LogP contribution in [0.15, 0.2) is 12.3 Å². The second-order valence-corrected chi connectivity index (χ2v) is 5.99. The zero-order chi connectivity index (χ0) is 14.3. The number of nitrogens with zero attached hydrogens (tertiary/aromatic N) is 4. The second kappa shape index (κ2) is 4.96. The van der Waals surface area contributed by atoms with Crippen molar-refractivity contribution in [2.45, 2.75) is 52.1 Å². The topological polar surface area (TPSA) is 47.7 Å². The van der Waals surface area contributed by atoms with E-state index in [1.807, 2.05) is 17.9 Å². The number of aromatic nitrogens is 4. The molecular formula is C15H23N5. The standard InChI is InChI=1S/C15H23N5/c1-10(2)20-13(7-14(18-20)12-5-6-12)8-16-15-9-17-19(4)11(15)3/h7,9-10,12,16H,5-6,8H2,1-4H3. The molecule has 1 fully saturated rings. The number of aryl methyl sites for hydroxylation is 1. The molecular weight excluding hydrogens is 250 g/mol. The summed E-state index contributed by atoms with van der Waals surface area (Å²) >= 11 is 0. The van der Waals surface area contributed by atoms with Gasteiger partial charge in [-0.25, -0.2) is 0 Å². The van der Waals surface area contributed by atoms with Crippen molar-refractivity contribution in [3.05, 3.63) is 29.3 Å². The van der Waals surface area contributed by atoms with Crippen LogP contribution in [0.3, 0.4) is 0 Å². The average Bonchev–Trinajstić information content (AvgIpc) is 3.10. The highest BCUT2D eigenvalue weighted by Crippen LogP contribution is 2.39. The molecule has 1 aliphatic rings. The maximum Gasteiger partial charge on any atom is 0.0759 e. The first-order valence-electron chi connectivity index (χ1n) is 7.37. The van der Waals surface area contributed by atoms with E-state index in [1.54, 1.807) is 0 Å². The van der Waals surface area contributed by atoms with Crippen molar-refractivity contribution in [2.75, 3.05) is 5.32 Å². The molecule has 20 heavy (non-hydrogen) atoms. The maximum atomic E-state index is 4.77.